The summed E-state index contributed by atoms with van der Waals surface area (Å²) in [5.41, 5.74) is 1.44. The molecule has 6 nitrogen and oxygen atoms in total. The molecule has 31 heavy (non-hydrogen) atoms. The van der Waals surface area contributed by atoms with Crippen LogP contribution < -0.4 is 0 Å². The fourth-order valence-corrected chi connectivity index (χ4v) is 3.78. The predicted octanol–water partition coefficient (Wildman–Crippen LogP) is 5.68. The Morgan fingerprint density at radius 1 is 1.13 bits per heavy atom. The van der Waals surface area contributed by atoms with Crippen LogP contribution in [0.15, 0.2) is 24.3 Å². The van der Waals surface area contributed by atoms with Crippen molar-refractivity contribution in [3.05, 3.63) is 35.4 Å². The molecule has 2 amide bonds. The Morgan fingerprint density at radius 3 is 2.29 bits per heavy atom. The highest BCUT2D eigenvalue weighted by Gasteiger charge is 2.47. The maximum absolute atomic E-state index is 15.4. The van der Waals surface area contributed by atoms with Crippen molar-refractivity contribution in [2.75, 3.05) is 13.1 Å². The Hall–Kier alpha value is -2.31. The summed E-state index contributed by atoms with van der Waals surface area (Å²) in [6, 6.07) is 7.41. The summed E-state index contributed by atoms with van der Waals surface area (Å²) in [7, 11) is 0. The molecule has 2 unspecified atom stereocenters. The minimum absolute atomic E-state index is 0.0726. The number of amides is 2. The summed E-state index contributed by atoms with van der Waals surface area (Å²) >= 11 is 0. The van der Waals surface area contributed by atoms with Crippen LogP contribution in [0.1, 0.15) is 71.9 Å². The highest BCUT2D eigenvalue weighted by Crippen LogP contribution is 2.29. The van der Waals surface area contributed by atoms with Gasteiger partial charge in [0.05, 0.1) is 12.6 Å². The zero-order valence-electron chi connectivity index (χ0n) is 19.7. The number of carbonyl (C=O) groups is 2. The van der Waals surface area contributed by atoms with Gasteiger partial charge in [-0.3, -0.25) is 4.90 Å². The number of piperazine rings is 1. The van der Waals surface area contributed by atoms with Gasteiger partial charge in [-0.1, -0.05) is 44.0 Å². The number of nitrogens with zero attached hydrogens (tertiary/aromatic N) is 2. The third kappa shape index (κ3) is 7.40. The van der Waals surface area contributed by atoms with Gasteiger partial charge in [0.15, 0.2) is 0 Å². The lowest BCUT2D eigenvalue weighted by molar-refractivity contribution is -0.0963. The Labute approximate surface area is 185 Å². The molecule has 0 bridgehead atoms. The van der Waals surface area contributed by atoms with Gasteiger partial charge < -0.3 is 14.4 Å². The SMILES string of the molecule is CCCCCc1ccc(COC(=O)N2C(C)CN(C(=O)OC(C)(C)C)CC2(C)F)cc1. The van der Waals surface area contributed by atoms with E-state index in [-0.39, 0.29) is 19.7 Å². The second-order valence-corrected chi connectivity index (χ2v) is 9.55. The number of rotatable bonds is 6. The van der Waals surface area contributed by atoms with E-state index in [4.69, 9.17) is 9.47 Å². The van der Waals surface area contributed by atoms with Gasteiger partial charge in [0.25, 0.3) is 0 Å². The van der Waals surface area contributed by atoms with E-state index < -0.39 is 29.6 Å². The second-order valence-electron chi connectivity index (χ2n) is 9.55. The van der Waals surface area contributed by atoms with Crippen LogP contribution in [-0.2, 0) is 22.5 Å². The van der Waals surface area contributed by atoms with Crippen LogP contribution in [0.5, 0.6) is 0 Å². The molecule has 1 aromatic rings. The van der Waals surface area contributed by atoms with Crippen molar-refractivity contribution in [1.82, 2.24) is 9.80 Å². The fourth-order valence-electron chi connectivity index (χ4n) is 3.78. The number of halogens is 1. The van der Waals surface area contributed by atoms with Gasteiger partial charge in [0, 0.05) is 6.54 Å². The molecule has 0 aliphatic carbocycles. The highest BCUT2D eigenvalue weighted by atomic mass is 19.1. The number of benzene rings is 1. The first kappa shape index (κ1) is 25.0. The maximum atomic E-state index is 15.4. The number of hydrogen-bond acceptors (Lipinski definition) is 4. The summed E-state index contributed by atoms with van der Waals surface area (Å²) in [5, 5.41) is 0. The molecule has 0 N–H and O–H groups in total. The van der Waals surface area contributed by atoms with Crippen LogP contribution in [0.4, 0.5) is 14.0 Å². The molecule has 1 aromatic carbocycles. The number of carbonyl (C=O) groups excluding carboxylic acids is 2. The first-order valence-electron chi connectivity index (χ1n) is 11.1. The molecule has 1 aliphatic heterocycles. The Bertz CT molecular complexity index is 743. The van der Waals surface area contributed by atoms with Crippen LogP contribution in [0.2, 0.25) is 0 Å². The molecule has 1 fully saturated rings. The van der Waals surface area contributed by atoms with Gasteiger partial charge >= 0.3 is 12.2 Å². The van der Waals surface area contributed by atoms with Gasteiger partial charge in [-0.05, 0) is 58.6 Å². The van der Waals surface area contributed by atoms with Crippen molar-refractivity contribution in [2.45, 2.75) is 91.3 Å². The molecule has 2 atom stereocenters. The van der Waals surface area contributed by atoms with E-state index in [0.717, 1.165) is 23.3 Å². The summed E-state index contributed by atoms with van der Waals surface area (Å²) in [4.78, 5) is 27.4. The first-order valence-corrected chi connectivity index (χ1v) is 11.1. The molecule has 174 valence electrons. The largest absolute Gasteiger partial charge is 0.444 e. The molecule has 0 saturated carbocycles. The highest BCUT2D eigenvalue weighted by molar-refractivity contribution is 5.72. The van der Waals surface area contributed by atoms with Crippen molar-refractivity contribution < 1.29 is 23.5 Å². The number of alkyl halides is 1. The van der Waals surface area contributed by atoms with Crippen molar-refractivity contribution >= 4 is 12.2 Å². The van der Waals surface area contributed by atoms with Gasteiger partial charge in [-0.15, -0.1) is 0 Å². The van der Waals surface area contributed by atoms with E-state index in [9.17, 15) is 9.59 Å². The normalized spacial score (nSPS) is 21.7. The number of ether oxygens (including phenoxy) is 2. The molecule has 0 spiro atoms. The smallest absolute Gasteiger partial charge is 0.412 e. The van der Waals surface area contributed by atoms with Crippen LogP contribution in [0.3, 0.4) is 0 Å². The van der Waals surface area contributed by atoms with Crippen LogP contribution in [0, 0.1) is 0 Å². The molecule has 1 saturated heterocycles. The third-order valence-electron chi connectivity index (χ3n) is 5.21. The standard InChI is InChI=1S/C24H37FN2O4/c1-7-8-9-10-19-11-13-20(14-12-19)16-30-22(29)27-18(2)15-26(17-24(27,6)25)21(28)31-23(3,4)5/h11-14,18H,7-10,15-17H2,1-6H3. The maximum Gasteiger partial charge on any atom is 0.412 e. The zero-order valence-corrected chi connectivity index (χ0v) is 19.7. The van der Waals surface area contributed by atoms with E-state index in [0.29, 0.717) is 0 Å². The summed E-state index contributed by atoms with van der Waals surface area (Å²) in [6.45, 7) is 10.4. The first-order chi connectivity index (χ1) is 14.4. The van der Waals surface area contributed by atoms with Crippen molar-refractivity contribution in [2.24, 2.45) is 0 Å². The molecule has 1 heterocycles. The molecule has 0 radical (unpaired) electrons. The predicted molar refractivity (Wildman–Crippen MR) is 118 cm³/mol. The second kappa shape index (κ2) is 10.3. The molecule has 0 aromatic heterocycles. The minimum atomic E-state index is -2.06. The summed E-state index contributed by atoms with van der Waals surface area (Å²) in [5.74, 6) is -2.06. The average molecular weight is 437 g/mol. The van der Waals surface area contributed by atoms with Crippen molar-refractivity contribution in [3.8, 4) is 0 Å². The topological polar surface area (TPSA) is 59.1 Å². The lowest BCUT2D eigenvalue weighted by atomic mass is 10.1. The average Bonchev–Trinajstić information content (AvgIpc) is 2.65. The Kier molecular flexibility index (Phi) is 8.32. The van der Waals surface area contributed by atoms with Gasteiger partial charge in [-0.25, -0.2) is 14.0 Å². The van der Waals surface area contributed by atoms with E-state index in [2.05, 4.69) is 6.92 Å². The quantitative estimate of drug-likeness (QED) is 0.425. The Morgan fingerprint density at radius 2 is 1.74 bits per heavy atom. The molecule has 7 heteroatoms. The molecular weight excluding hydrogens is 399 g/mol. The number of hydrogen-bond donors (Lipinski definition) is 0. The molecule has 1 aliphatic rings. The summed E-state index contributed by atoms with van der Waals surface area (Å²) in [6.07, 6.45) is 3.27. The molecular formula is C24H37FN2O4. The number of aryl methyl sites for hydroxylation is 1. The molecule has 2 rings (SSSR count). The monoisotopic (exact) mass is 436 g/mol. The third-order valence-corrected chi connectivity index (χ3v) is 5.21. The van der Waals surface area contributed by atoms with E-state index in [1.54, 1.807) is 27.7 Å². The lowest BCUT2D eigenvalue weighted by Crippen LogP contribution is -2.65. The zero-order chi connectivity index (χ0) is 23.2. The van der Waals surface area contributed by atoms with Crippen molar-refractivity contribution in [1.29, 1.82) is 0 Å². The van der Waals surface area contributed by atoms with E-state index in [1.165, 1.54) is 30.2 Å². The van der Waals surface area contributed by atoms with Crippen LogP contribution in [0.25, 0.3) is 0 Å². The van der Waals surface area contributed by atoms with E-state index >= 15 is 4.39 Å². The fraction of sp³-hybridized carbons (Fsp3) is 0.667. The van der Waals surface area contributed by atoms with E-state index in [1.807, 2.05) is 24.3 Å². The van der Waals surface area contributed by atoms with Gasteiger partial charge in [0.1, 0.15) is 12.2 Å². The Balaban J connectivity index is 1.93. The van der Waals surface area contributed by atoms with Gasteiger partial charge in [0.2, 0.25) is 5.79 Å². The van der Waals surface area contributed by atoms with Gasteiger partial charge in [-0.2, -0.15) is 0 Å². The van der Waals surface area contributed by atoms with Crippen molar-refractivity contribution in [3.63, 3.8) is 0 Å². The number of unbranched alkanes of at least 4 members (excludes halogenated alkanes) is 2. The van der Waals surface area contributed by atoms with Crippen LogP contribution in [-0.4, -0.2) is 52.5 Å². The van der Waals surface area contributed by atoms with Crippen LogP contribution >= 0.6 is 0 Å². The minimum Gasteiger partial charge on any atom is -0.444 e. The summed E-state index contributed by atoms with van der Waals surface area (Å²) < 4.78 is 26.1. The lowest BCUT2D eigenvalue weighted by Gasteiger charge is -2.46.